The van der Waals surface area contributed by atoms with Crippen molar-refractivity contribution in [1.29, 1.82) is 0 Å². The quantitative estimate of drug-likeness (QED) is 0.727. The maximum atomic E-state index is 12.4. The number of nitrogens with one attached hydrogen (secondary N) is 1. The predicted octanol–water partition coefficient (Wildman–Crippen LogP) is 4.46. The molecule has 0 fully saturated rings. The molecule has 0 amide bonds. The lowest BCUT2D eigenvalue weighted by molar-refractivity contribution is 0.322. The minimum atomic E-state index is -3.52. The first-order chi connectivity index (χ1) is 12.1. The topological polar surface area (TPSA) is 55.4 Å². The molecule has 0 radical (unpaired) electrons. The average Bonchev–Trinajstić information content (AvgIpc) is 2.58. The van der Waals surface area contributed by atoms with E-state index in [4.69, 9.17) is 4.74 Å². The molecule has 0 unspecified atom stereocenters. The largest absolute Gasteiger partial charge is 0.492 e. The normalized spacial score (nSPS) is 12.4. The molecule has 4 nitrogen and oxygen atoms in total. The molecule has 142 valence electrons. The molecule has 0 aliphatic rings. The summed E-state index contributed by atoms with van der Waals surface area (Å²) in [6.45, 7) is 11.1. The van der Waals surface area contributed by atoms with Crippen LogP contribution in [0.25, 0.3) is 0 Å². The van der Waals surface area contributed by atoms with Gasteiger partial charge in [0.25, 0.3) is 0 Å². The smallest absolute Gasteiger partial charge is 0.240 e. The van der Waals surface area contributed by atoms with Crippen LogP contribution in [0, 0.1) is 0 Å². The molecule has 2 aromatic carbocycles. The molecule has 0 aliphatic heterocycles. The highest BCUT2D eigenvalue weighted by molar-refractivity contribution is 7.89. The van der Waals surface area contributed by atoms with Crippen LogP contribution in [-0.4, -0.2) is 21.6 Å². The van der Waals surface area contributed by atoms with Crippen molar-refractivity contribution >= 4 is 10.0 Å². The summed E-state index contributed by atoms with van der Waals surface area (Å²) in [5, 5.41) is 0. The van der Waals surface area contributed by atoms with Crippen LogP contribution in [-0.2, 0) is 15.4 Å². The Morgan fingerprint density at radius 1 is 0.962 bits per heavy atom. The Balaban J connectivity index is 1.88. The van der Waals surface area contributed by atoms with E-state index in [1.54, 1.807) is 12.1 Å². The third kappa shape index (κ3) is 5.58. The van der Waals surface area contributed by atoms with Crippen LogP contribution < -0.4 is 9.46 Å². The van der Waals surface area contributed by atoms with Crippen LogP contribution in [0.15, 0.2) is 53.4 Å². The van der Waals surface area contributed by atoms with Crippen molar-refractivity contribution < 1.29 is 13.2 Å². The van der Waals surface area contributed by atoms with E-state index in [-0.39, 0.29) is 23.5 Å². The van der Waals surface area contributed by atoms with Gasteiger partial charge >= 0.3 is 0 Å². The van der Waals surface area contributed by atoms with Crippen molar-refractivity contribution in [3.8, 4) is 5.75 Å². The molecule has 0 aromatic heterocycles. The molecular formula is C21H29NO3S. The van der Waals surface area contributed by atoms with Crippen LogP contribution >= 0.6 is 0 Å². The maximum absolute atomic E-state index is 12.4. The lowest BCUT2D eigenvalue weighted by Gasteiger charge is -2.19. The van der Waals surface area contributed by atoms with Crippen LogP contribution in [0.1, 0.15) is 51.7 Å². The molecular weight excluding hydrogens is 346 g/mol. The van der Waals surface area contributed by atoms with E-state index >= 15 is 0 Å². The molecule has 2 rings (SSSR count). The highest BCUT2D eigenvalue weighted by atomic mass is 32.2. The number of sulfonamides is 1. The maximum Gasteiger partial charge on any atom is 0.240 e. The Bertz CT molecular complexity index is 802. The second kappa shape index (κ2) is 8.23. The number of hydrogen-bond acceptors (Lipinski definition) is 3. The first-order valence-electron chi connectivity index (χ1n) is 8.92. The van der Waals surface area contributed by atoms with Crippen molar-refractivity contribution in [2.24, 2.45) is 0 Å². The molecule has 0 spiro atoms. The van der Waals surface area contributed by atoms with Gasteiger partial charge in [-0.15, -0.1) is 0 Å². The Hall–Kier alpha value is -1.85. The monoisotopic (exact) mass is 375 g/mol. The second-order valence-corrected chi connectivity index (χ2v) is 9.51. The zero-order valence-electron chi connectivity index (χ0n) is 16.2. The van der Waals surface area contributed by atoms with Crippen molar-refractivity contribution in [2.75, 3.05) is 13.2 Å². The Morgan fingerprint density at radius 3 is 2.04 bits per heavy atom. The highest BCUT2D eigenvalue weighted by Gasteiger charge is 2.17. The van der Waals surface area contributed by atoms with Crippen LogP contribution in [0.2, 0.25) is 0 Å². The zero-order valence-corrected chi connectivity index (χ0v) is 17.1. The SMILES string of the molecule is CC(C)c1ccc(OCCNS(=O)(=O)c2ccc(C(C)(C)C)cc2)cc1. The van der Waals surface area contributed by atoms with Gasteiger partial charge in [0, 0.05) is 6.54 Å². The van der Waals surface area contributed by atoms with Gasteiger partial charge in [-0.3, -0.25) is 0 Å². The summed E-state index contributed by atoms with van der Waals surface area (Å²) in [4.78, 5) is 0.270. The summed E-state index contributed by atoms with van der Waals surface area (Å²) in [5.41, 5.74) is 2.34. The van der Waals surface area contributed by atoms with E-state index in [0.717, 1.165) is 11.3 Å². The molecule has 1 N–H and O–H groups in total. The zero-order chi connectivity index (χ0) is 19.4. The molecule has 26 heavy (non-hydrogen) atoms. The van der Waals surface area contributed by atoms with Gasteiger partial charge in [-0.1, -0.05) is 58.9 Å². The fourth-order valence-corrected chi connectivity index (χ4v) is 3.52. The molecule has 0 aliphatic carbocycles. The molecule has 5 heteroatoms. The van der Waals surface area contributed by atoms with Gasteiger partial charge in [-0.05, 0) is 46.7 Å². The third-order valence-electron chi connectivity index (χ3n) is 4.24. The van der Waals surface area contributed by atoms with E-state index in [0.29, 0.717) is 5.92 Å². The molecule has 0 saturated carbocycles. The van der Waals surface area contributed by atoms with Crippen molar-refractivity contribution in [3.63, 3.8) is 0 Å². The highest BCUT2D eigenvalue weighted by Crippen LogP contribution is 2.23. The van der Waals surface area contributed by atoms with E-state index in [2.05, 4.69) is 39.3 Å². The first kappa shape index (κ1) is 20.5. The van der Waals surface area contributed by atoms with Gasteiger partial charge in [0.1, 0.15) is 12.4 Å². The standard InChI is InChI=1S/C21H29NO3S/c1-16(2)17-6-10-19(11-7-17)25-15-14-22-26(23,24)20-12-8-18(9-13-20)21(3,4)5/h6-13,16,22H,14-15H2,1-5H3. The van der Waals surface area contributed by atoms with E-state index in [1.807, 2.05) is 36.4 Å². The second-order valence-electron chi connectivity index (χ2n) is 7.74. The Kier molecular flexibility index (Phi) is 6.48. The summed E-state index contributed by atoms with van der Waals surface area (Å²) in [7, 11) is -3.52. The van der Waals surface area contributed by atoms with Gasteiger partial charge in [-0.2, -0.15) is 0 Å². The van der Waals surface area contributed by atoms with E-state index in [1.165, 1.54) is 5.56 Å². The van der Waals surface area contributed by atoms with Gasteiger partial charge in [0.2, 0.25) is 10.0 Å². The van der Waals surface area contributed by atoms with Crippen LogP contribution in [0.4, 0.5) is 0 Å². The van der Waals surface area contributed by atoms with Crippen molar-refractivity contribution in [3.05, 3.63) is 59.7 Å². The van der Waals surface area contributed by atoms with E-state index in [9.17, 15) is 8.42 Å². The predicted molar refractivity (Wildman–Crippen MR) is 106 cm³/mol. The van der Waals surface area contributed by atoms with Crippen molar-refractivity contribution in [2.45, 2.75) is 50.8 Å². The fraction of sp³-hybridized carbons (Fsp3) is 0.429. The minimum absolute atomic E-state index is 0.00528. The number of benzene rings is 2. The molecule has 0 saturated heterocycles. The number of ether oxygens (including phenoxy) is 1. The minimum Gasteiger partial charge on any atom is -0.492 e. The average molecular weight is 376 g/mol. The Morgan fingerprint density at radius 2 is 1.54 bits per heavy atom. The Labute approximate surface area is 157 Å². The molecule has 0 atom stereocenters. The molecule has 2 aromatic rings. The van der Waals surface area contributed by atoms with E-state index < -0.39 is 10.0 Å². The van der Waals surface area contributed by atoms with Gasteiger partial charge in [-0.25, -0.2) is 13.1 Å². The summed E-state index contributed by atoms with van der Waals surface area (Å²) < 4.78 is 32.9. The van der Waals surface area contributed by atoms with Gasteiger partial charge in [0.05, 0.1) is 4.90 Å². The van der Waals surface area contributed by atoms with Crippen LogP contribution in [0.5, 0.6) is 5.75 Å². The van der Waals surface area contributed by atoms with Gasteiger partial charge in [0.15, 0.2) is 0 Å². The molecule has 0 bridgehead atoms. The lowest BCUT2D eigenvalue weighted by Crippen LogP contribution is -2.28. The number of rotatable bonds is 7. The lowest BCUT2D eigenvalue weighted by atomic mass is 9.87. The summed E-state index contributed by atoms with van der Waals surface area (Å²) in [6.07, 6.45) is 0. The van der Waals surface area contributed by atoms with Crippen LogP contribution in [0.3, 0.4) is 0 Å². The summed E-state index contributed by atoms with van der Waals surface area (Å²) in [5.74, 6) is 1.21. The fourth-order valence-electron chi connectivity index (χ4n) is 2.51. The van der Waals surface area contributed by atoms with Gasteiger partial charge < -0.3 is 4.74 Å². The summed E-state index contributed by atoms with van der Waals surface area (Å²) >= 11 is 0. The third-order valence-corrected chi connectivity index (χ3v) is 5.72. The first-order valence-corrected chi connectivity index (χ1v) is 10.4. The van der Waals surface area contributed by atoms with Crippen molar-refractivity contribution in [1.82, 2.24) is 4.72 Å². The molecule has 0 heterocycles. The number of hydrogen-bond donors (Lipinski definition) is 1. The summed E-state index contributed by atoms with van der Waals surface area (Å²) in [6, 6.07) is 14.9.